The minimum Gasteiger partial charge on any atom is -0.497 e. The van der Waals surface area contributed by atoms with Crippen LogP contribution in [-0.2, 0) is 16.1 Å². The molecule has 1 unspecified atom stereocenters. The van der Waals surface area contributed by atoms with Crippen molar-refractivity contribution in [3.63, 3.8) is 0 Å². The van der Waals surface area contributed by atoms with Gasteiger partial charge in [-0.2, -0.15) is 0 Å². The van der Waals surface area contributed by atoms with E-state index >= 15 is 0 Å². The lowest BCUT2D eigenvalue weighted by atomic mass is 10.1. The van der Waals surface area contributed by atoms with Crippen molar-refractivity contribution in [2.45, 2.75) is 32.4 Å². The van der Waals surface area contributed by atoms with Crippen LogP contribution in [0.15, 0.2) is 24.3 Å². The summed E-state index contributed by atoms with van der Waals surface area (Å²) in [6.45, 7) is 2.40. The standard InChI is InChI=1S/C16H24N2O4/c1-4-5-14(16(20)21)17-10-15(19)18(2)11-12-6-8-13(22-3)9-7-12/h6-9,14,17H,4-5,10-11H2,1-3H3,(H,20,21). The Kier molecular flexibility index (Phi) is 7.39. The SMILES string of the molecule is CCCC(NCC(=O)N(C)Cc1ccc(OC)cc1)C(=O)O. The fourth-order valence-electron chi connectivity index (χ4n) is 2.04. The maximum Gasteiger partial charge on any atom is 0.320 e. The first-order chi connectivity index (χ1) is 10.5. The minimum atomic E-state index is -0.924. The molecule has 1 aromatic carbocycles. The summed E-state index contributed by atoms with van der Waals surface area (Å²) in [7, 11) is 3.30. The number of benzene rings is 1. The quantitative estimate of drug-likeness (QED) is 0.723. The normalized spacial score (nSPS) is 11.8. The Morgan fingerprint density at radius 1 is 1.32 bits per heavy atom. The highest BCUT2D eigenvalue weighted by atomic mass is 16.5. The third-order valence-corrected chi connectivity index (χ3v) is 3.38. The van der Waals surface area contributed by atoms with Crippen molar-refractivity contribution < 1.29 is 19.4 Å². The Labute approximate surface area is 131 Å². The van der Waals surface area contributed by atoms with E-state index < -0.39 is 12.0 Å². The largest absolute Gasteiger partial charge is 0.497 e. The smallest absolute Gasteiger partial charge is 0.320 e. The summed E-state index contributed by atoms with van der Waals surface area (Å²) in [6.07, 6.45) is 1.25. The van der Waals surface area contributed by atoms with Gasteiger partial charge in [0, 0.05) is 13.6 Å². The number of carbonyl (C=O) groups excluding carboxylic acids is 1. The van der Waals surface area contributed by atoms with E-state index in [1.807, 2.05) is 31.2 Å². The lowest BCUT2D eigenvalue weighted by Gasteiger charge is -2.19. The molecule has 1 amide bonds. The first-order valence-electron chi connectivity index (χ1n) is 7.31. The first kappa shape index (κ1) is 18.0. The van der Waals surface area contributed by atoms with Crippen LogP contribution in [0.2, 0.25) is 0 Å². The van der Waals surface area contributed by atoms with Gasteiger partial charge in [0.25, 0.3) is 0 Å². The van der Waals surface area contributed by atoms with E-state index in [4.69, 9.17) is 9.84 Å². The molecule has 1 rings (SSSR count). The van der Waals surface area contributed by atoms with Gasteiger partial charge in [0.2, 0.25) is 5.91 Å². The molecular formula is C16H24N2O4. The van der Waals surface area contributed by atoms with Gasteiger partial charge in [0.1, 0.15) is 11.8 Å². The highest BCUT2D eigenvalue weighted by molar-refractivity contribution is 5.79. The molecule has 122 valence electrons. The van der Waals surface area contributed by atoms with Crippen molar-refractivity contribution >= 4 is 11.9 Å². The second-order valence-electron chi connectivity index (χ2n) is 5.16. The molecule has 1 aromatic rings. The van der Waals surface area contributed by atoms with E-state index in [-0.39, 0.29) is 12.5 Å². The number of carboxylic acids is 1. The molecule has 0 aliphatic heterocycles. The van der Waals surface area contributed by atoms with Gasteiger partial charge in [-0.1, -0.05) is 25.5 Å². The predicted molar refractivity (Wildman–Crippen MR) is 83.8 cm³/mol. The number of likely N-dealkylation sites (N-methyl/N-ethyl adjacent to an activating group) is 1. The Hall–Kier alpha value is -2.08. The molecule has 6 heteroatoms. The summed E-state index contributed by atoms with van der Waals surface area (Å²) in [5.41, 5.74) is 0.986. The van der Waals surface area contributed by atoms with E-state index in [2.05, 4.69) is 5.32 Å². The third-order valence-electron chi connectivity index (χ3n) is 3.38. The summed E-state index contributed by atoms with van der Waals surface area (Å²) < 4.78 is 5.09. The third kappa shape index (κ3) is 5.73. The van der Waals surface area contributed by atoms with Gasteiger partial charge in [0.05, 0.1) is 13.7 Å². The molecule has 0 fully saturated rings. The van der Waals surface area contributed by atoms with Gasteiger partial charge in [-0.25, -0.2) is 0 Å². The van der Waals surface area contributed by atoms with E-state index in [9.17, 15) is 9.59 Å². The number of rotatable bonds is 9. The molecule has 2 N–H and O–H groups in total. The average Bonchev–Trinajstić information content (AvgIpc) is 2.51. The molecule has 0 saturated carbocycles. The Bertz CT molecular complexity index is 487. The van der Waals surface area contributed by atoms with Crippen LogP contribution in [0.25, 0.3) is 0 Å². The van der Waals surface area contributed by atoms with Crippen LogP contribution in [0.3, 0.4) is 0 Å². The molecule has 0 aromatic heterocycles. The van der Waals surface area contributed by atoms with Gasteiger partial charge >= 0.3 is 5.97 Å². The lowest BCUT2D eigenvalue weighted by molar-refractivity contribution is -0.140. The first-order valence-corrected chi connectivity index (χ1v) is 7.31. The number of hydrogen-bond acceptors (Lipinski definition) is 4. The zero-order chi connectivity index (χ0) is 16.5. The van der Waals surface area contributed by atoms with Crippen molar-refractivity contribution in [3.05, 3.63) is 29.8 Å². The monoisotopic (exact) mass is 308 g/mol. The maximum atomic E-state index is 12.0. The number of carboxylic acid groups (broad SMARTS) is 1. The molecule has 0 bridgehead atoms. The summed E-state index contributed by atoms with van der Waals surface area (Å²) in [6, 6.07) is 6.80. The number of carbonyl (C=O) groups is 2. The van der Waals surface area contributed by atoms with Gasteiger partial charge in [0.15, 0.2) is 0 Å². The second-order valence-corrected chi connectivity index (χ2v) is 5.16. The van der Waals surface area contributed by atoms with Gasteiger partial charge in [-0.15, -0.1) is 0 Å². The lowest BCUT2D eigenvalue weighted by Crippen LogP contribution is -2.43. The number of aliphatic carboxylic acids is 1. The Morgan fingerprint density at radius 3 is 2.45 bits per heavy atom. The maximum absolute atomic E-state index is 12.0. The number of hydrogen-bond donors (Lipinski definition) is 2. The van der Waals surface area contributed by atoms with E-state index in [1.165, 1.54) is 0 Å². The fraction of sp³-hybridized carbons (Fsp3) is 0.500. The summed E-state index contributed by atoms with van der Waals surface area (Å²) in [5, 5.41) is 11.8. The van der Waals surface area contributed by atoms with Crippen molar-refractivity contribution in [2.24, 2.45) is 0 Å². The van der Waals surface area contributed by atoms with Gasteiger partial charge < -0.3 is 14.7 Å². The predicted octanol–water partition coefficient (Wildman–Crippen LogP) is 1.50. The van der Waals surface area contributed by atoms with E-state index in [1.54, 1.807) is 19.1 Å². The van der Waals surface area contributed by atoms with Gasteiger partial charge in [-0.3, -0.25) is 14.9 Å². The number of nitrogens with zero attached hydrogens (tertiary/aromatic N) is 1. The van der Waals surface area contributed by atoms with Crippen molar-refractivity contribution in [3.8, 4) is 5.75 Å². The second kappa shape index (κ2) is 9.04. The Balaban J connectivity index is 2.48. The summed E-state index contributed by atoms with van der Waals surface area (Å²) in [5.74, 6) is -0.297. The molecule has 0 saturated heterocycles. The number of ether oxygens (including phenoxy) is 1. The number of nitrogens with one attached hydrogen (secondary N) is 1. The molecule has 1 atom stereocenters. The van der Waals surface area contributed by atoms with Crippen molar-refractivity contribution in [1.29, 1.82) is 0 Å². The molecule has 0 aliphatic carbocycles. The van der Waals surface area contributed by atoms with Crippen LogP contribution in [-0.4, -0.2) is 48.6 Å². The summed E-state index contributed by atoms with van der Waals surface area (Å²) >= 11 is 0. The highest BCUT2D eigenvalue weighted by Crippen LogP contribution is 2.12. The van der Waals surface area contributed by atoms with Crippen molar-refractivity contribution in [2.75, 3.05) is 20.7 Å². The van der Waals surface area contributed by atoms with Crippen LogP contribution in [0, 0.1) is 0 Å². The molecule has 0 aliphatic rings. The summed E-state index contributed by atoms with van der Waals surface area (Å²) in [4.78, 5) is 24.6. The topological polar surface area (TPSA) is 78.9 Å². The zero-order valence-corrected chi connectivity index (χ0v) is 13.3. The molecule has 0 radical (unpaired) electrons. The van der Waals surface area contributed by atoms with Crippen LogP contribution < -0.4 is 10.1 Å². The van der Waals surface area contributed by atoms with Crippen LogP contribution in [0.1, 0.15) is 25.3 Å². The average molecular weight is 308 g/mol. The van der Waals surface area contributed by atoms with Crippen LogP contribution in [0.5, 0.6) is 5.75 Å². The molecule has 0 spiro atoms. The number of methoxy groups -OCH3 is 1. The highest BCUT2D eigenvalue weighted by Gasteiger charge is 2.18. The zero-order valence-electron chi connectivity index (χ0n) is 13.3. The van der Waals surface area contributed by atoms with Crippen molar-refractivity contribution in [1.82, 2.24) is 10.2 Å². The van der Waals surface area contributed by atoms with E-state index in [0.29, 0.717) is 13.0 Å². The molecule has 0 heterocycles. The molecule has 6 nitrogen and oxygen atoms in total. The molecular weight excluding hydrogens is 284 g/mol. The van der Waals surface area contributed by atoms with Gasteiger partial charge in [-0.05, 0) is 24.1 Å². The van der Waals surface area contributed by atoms with E-state index in [0.717, 1.165) is 17.7 Å². The number of amides is 1. The van der Waals surface area contributed by atoms with Crippen LogP contribution >= 0.6 is 0 Å². The fourth-order valence-corrected chi connectivity index (χ4v) is 2.04. The minimum absolute atomic E-state index is 0.0175. The Morgan fingerprint density at radius 2 is 1.95 bits per heavy atom. The van der Waals surface area contributed by atoms with Crippen LogP contribution in [0.4, 0.5) is 0 Å². The molecule has 22 heavy (non-hydrogen) atoms.